The molecule has 112 valence electrons. The number of aliphatic hydroxyl groups is 1. The van der Waals surface area contributed by atoms with Crippen molar-refractivity contribution in [3.8, 4) is 0 Å². The van der Waals surface area contributed by atoms with Crippen LogP contribution < -0.4 is 0 Å². The van der Waals surface area contributed by atoms with Gasteiger partial charge in [-0.1, -0.05) is 27.2 Å². The van der Waals surface area contributed by atoms with Gasteiger partial charge in [-0.2, -0.15) is 0 Å². The monoisotopic (exact) mass is 284 g/mol. The lowest BCUT2D eigenvalue weighted by Crippen LogP contribution is -2.47. The predicted octanol–water partition coefficient (Wildman–Crippen LogP) is 4.20. The van der Waals surface area contributed by atoms with Crippen molar-refractivity contribution in [2.75, 3.05) is 6.61 Å². The van der Waals surface area contributed by atoms with Gasteiger partial charge in [0.25, 0.3) is 0 Å². The van der Waals surface area contributed by atoms with Crippen LogP contribution in [0.5, 0.6) is 0 Å². The summed E-state index contributed by atoms with van der Waals surface area (Å²) in [7, 11) is -1.65. The summed E-state index contributed by atoms with van der Waals surface area (Å²) in [5.41, 5.74) is 0. The van der Waals surface area contributed by atoms with Crippen LogP contribution in [0.4, 0.5) is 0 Å². The third-order valence-electron chi connectivity index (χ3n) is 5.90. The van der Waals surface area contributed by atoms with Crippen molar-refractivity contribution >= 4 is 8.32 Å². The fourth-order valence-corrected chi connectivity index (χ4v) is 5.11. The Morgan fingerprint density at radius 3 is 2.42 bits per heavy atom. The zero-order chi connectivity index (χ0) is 14.3. The van der Waals surface area contributed by atoms with E-state index in [4.69, 9.17) is 4.43 Å². The van der Waals surface area contributed by atoms with Crippen LogP contribution in [-0.2, 0) is 4.43 Å². The summed E-state index contributed by atoms with van der Waals surface area (Å²) in [4.78, 5) is 0. The summed E-state index contributed by atoms with van der Waals surface area (Å²) in [5.74, 6) is 2.08. The molecule has 1 N–H and O–H groups in total. The molecule has 3 heteroatoms. The first-order chi connectivity index (χ1) is 8.74. The lowest BCUT2D eigenvalue weighted by molar-refractivity contribution is 0.0558. The Kier molecular flexibility index (Phi) is 4.49. The van der Waals surface area contributed by atoms with Crippen LogP contribution in [0.15, 0.2) is 0 Å². The molecule has 19 heavy (non-hydrogen) atoms. The molecule has 0 saturated heterocycles. The molecular weight excluding hydrogens is 252 g/mol. The van der Waals surface area contributed by atoms with Crippen molar-refractivity contribution < 1.29 is 9.53 Å². The Morgan fingerprint density at radius 2 is 1.84 bits per heavy atom. The Labute approximate surface area is 120 Å². The quantitative estimate of drug-likeness (QED) is 0.787. The van der Waals surface area contributed by atoms with E-state index in [1.165, 1.54) is 32.1 Å². The molecule has 0 aromatic carbocycles. The molecule has 0 unspecified atom stereocenters. The highest BCUT2D eigenvalue weighted by Crippen LogP contribution is 2.48. The molecule has 0 aliphatic heterocycles. The van der Waals surface area contributed by atoms with E-state index in [-0.39, 0.29) is 0 Å². The third kappa shape index (κ3) is 3.25. The van der Waals surface area contributed by atoms with Gasteiger partial charge in [0, 0.05) is 12.7 Å². The van der Waals surface area contributed by atoms with Gasteiger partial charge >= 0.3 is 0 Å². The highest BCUT2D eigenvalue weighted by atomic mass is 28.4. The van der Waals surface area contributed by atoms with Crippen molar-refractivity contribution in [3.05, 3.63) is 0 Å². The SMILES string of the molecule is CC(C)(C)[Si](C)(C)O[C@H]1CCC[C@H]2C[C@@H](CO)C[C@H]21. The Morgan fingerprint density at radius 1 is 1.16 bits per heavy atom. The number of rotatable bonds is 3. The second-order valence-electron chi connectivity index (χ2n) is 8.29. The van der Waals surface area contributed by atoms with Gasteiger partial charge in [-0.05, 0) is 61.6 Å². The van der Waals surface area contributed by atoms with Crippen LogP contribution >= 0.6 is 0 Å². The molecule has 0 aromatic heterocycles. The average Bonchev–Trinajstić information content (AvgIpc) is 2.71. The number of aliphatic hydroxyl groups excluding tert-OH is 1. The van der Waals surface area contributed by atoms with Crippen molar-refractivity contribution in [1.82, 2.24) is 0 Å². The van der Waals surface area contributed by atoms with Gasteiger partial charge in [0.15, 0.2) is 8.32 Å². The number of hydrogen-bond donors (Lipinski definition) is 1. The van der Waals surface area contributed by atoms with E-state index in [0.29, 0.717) is 23.7 Å². The minimum absolute atomic E-state index is 0.301. The minimum Gasteiger partial charge on any atom is -0.414 e. The summed E-state index contributed by atoms with van der Waals surface area (Å²) in [6.45, 7) is 12.1. The predicted molar refractivity (Wildman–Crippen MR) is 82.7 cm³/mol. The van der Waals surface area contributed by atoms with E-state index in [1.807, 2.05) is 0 Å². The number of hydrogen-bond acceptors (Lipinski definition) is 2. The first-order valence-corrected chi connectivity index (χ1v) is 10.9. The third-order valence-corrected chi connectivity index (χ3v) is 10.4. The maximum Gasteiger partial charge on any atom is 0.192 e. The van der Waals surface area contributed by atoms with Gasteiger partial charge in [-0.15, -0.1) is 0 Å². The lowest BCUT2D eigenvalue weighted by Gasteiger charge is -2.43. The van der Waals surface area contributed by atoms with E-state index in [0.717, 1.165) is 11.8 Å². The van der Waals surface area contributed by atoms with E-state index in [1.54, 1.807) is 0 Å². The molecule has 2 aliphatic rings. The Balaban J connectivity index is 2.04. The molecule has 0 spiro atoms. The largest absolute Gasteiger partial charge is 0.414 e. The van der Waals surface area contributed by atoms with Crippen molar-refractivity contribution in [3.63, 3.8) is 0 Å². The van der Waals surface area contributed by atoms with Gasteiger partial charge in [0.2, 0.25) is 0 Å². The van der Waals surface area contributed by atoms with E-state index >= 15 is 0 Å². The standard InChI is InChI=1S/C16H32O2Si/c1-16(2,3)19(4,5)18-15-8-6-7-13-9-12(11-17)10-14(13)15/h12-15,17H,6-11H2,1-5H3/t12-,13+,14-,15+/m1/s1. The molecule has 0 heterocycles. The van der Waals surface area contributed by atoms with Gasteiger partial charge in [-0.3, -0.25) is 0 Å². The molecule has 0 aromatic rings. The molecule has 2 nitrogen and oxygen atoms in total. The highest BCUT2D eigenvalue weighted by molar-refractivity contribution is 6.74. The molecule has 0 amide bonds. The average molecular weight is 285 g/mol. The fourth-order valence-electron chi connectivity index (χ4n) is 3.71. The van der Waals surface area contributed by atoms with Crippen LogP contribution in [0, 0.1) is 17.8 Å². The van der Waals surface area contributed by atoms with E-state index in [9.17, 15) is 5.11 Å². The van der Waals surface area contributed by atoms with Gasteiger partial charge in [0.1, 0.15) is 0 Å². The van der Waals surface area contributed by atoms with Crippen LogP contribution in [0.3, 0.4) is 0 Å². The van der Waals surface area contributed by atoms with Crippen molar-refractivity contribution in [2.24, 2.45) is 17.8 Å². The van der Waals surface area contributed by atoms with Crippen LogP contribution in [0.25, 0.3) is 0 Å². The Hall–Kier alpha value is 0.137. The molecule has 0 radical (unpaired) electrons. The van der Waals surface area contributed by atoms with Gasteiger partial charge in [0.05, 0.1) is 0 Å². The molecule has 0 bridgehead atoms. The molecule has 2 saturated carbocycles. The number of fused-ring (bicyclic) bond motifs is 1. The first-order valence-electron chi connectivity index (χ1n) is 8.03. The van der Waals surface area contributed by atoms with Crippen LogP contribution in [-0.4, -0.2) is 26.1 Å². The normalized spacial score (nSPS) is 36.3. The maximum absolute atomic E-state index is 9.43. The highest BCUT2D eigenvalue weighted by Gasteiger charge is 2.46. The topological polar surface area (TPSA) is 29.5 Å². The smallest absolute Gasteiger partial charge is 0.192 e. The summed E-state index contributed by atoms with van der Waals surface area (Å²) >= 11 is 0. The molecule has 4 atom stereocenters. The first kappa shape index (κ1) is 15.5. The van der Waals surface area contributed by atoms with Gasteiger partial charge in [-0.25, -0.2) is 0 Å². The van der Waals surface area contributed by atoms with Crippen LogP contribution in [0.1, 0.15) is 52.9 Å². The Bertz CT molecular complexity index is 308. The maximum atomic E-state index is 9.43. The summed E-state index contributed by atoms with van der Waals surface area (Å²) in [5, 5.41) is 9.73. The fraction of sp³-hybridized carbons (Fsp3) is 1.00. The zero-order valence-electron chi connectivity index (χ0n) is 13.4. The zero-order valence-corrected chi connectivity index (χ0v) is 14.4. The van der Waals surface area contributed by atoms with E-state index in [2.05, 4.69) is 33.9 Å². The minimum atomic E-state index is -1.65. The van der Waals surface area contributed by atoms with Gasteiger partial charge < -0.3 is 9.53 Å². The van der Waals surface area contributed by atoms with Crippen molar-refractivity contribution in [1.29, 1.82) is 0 Å². The second kappa shape index (κ2) is 5.49. The molecule has 2 fully saturated rings. The molecule has 2 rings (SSSR count). The lowest BCUT2D eigenvalue weighted by atomic mass is 9.80. The summed E-state index contributed by atoms with van der Waals surface area (Å²) in [6, 6.07) is 0. The summed E-state index contributed by atoms with van der Waals surface area (Å²) < 4.78 is 6.71. The molecule has 2 aliphatic carbocycles. The second-order valence-corrected chi connectivity index (χ2v) is 13.0. The van der Waals surface area contributed by atoms with Crippen molar-refractivity contribution in [2.45, 2.75) is 77.1 Å². The summed E-state index contributed by atoms with van der Waals surface area (Å²) in [6.07, 6.45) is 6.82. The van der Waals surface area contributed by atoms with E-state index < -0.39 is 8.32 Å². The molecular formula is C16H32O2Si. The van der Waals surface area contributed by atoms with Crippen LogP contribution in [0.2, 0.25) is 18.1 Å².